The van der Waals surface area contributed by atoms with Gasteiger partial charge in [0.15, 0.2) is 0 Å². The highest BCUT2D eigenvalue weighted by atomic mass is 79.9. The van der Waals surface area contributed by atoms with E-state index in [9.17, 15) is 4.79 Å². The number of aryl methyl sites for hydroxylation is 1. The van der Waals surface area contributed by atoms with Crippen LogP contribution in [0, 0.1) is 0 Å². The molecule has 1 atom stereocenters. The first kappa shape index (κ1) is 12.0. The van der Waals surface area contributed by atoms with Crippen LogP contribution in [-0.2, 0) is 11.2 Å². The number of thiol groups is 1. The Hall–Kier alpha value is -0.480. The average molecular weight is 300 g/mol. The zero-order valence-electron chi connectivity index (χ0n) is 9.11. The predicted molar refractivity (Wildman–Crippen MR) is 73.3 cm³/mol. The van der Waals surface area contributed by atoms with Gasteiger partial charge in [-0.05, 0) is 30.2 Å². The third-order valence-electron chi connectivity index (χ3n) is 2.82. The minimum atomic E-state index is 0.167. The van der Waals surface area contributed by atoms with Crippen LogP contribution in [0.4, 0.5) is 5.69 Å². The van der Waals surface area contributed by atoms with Gasteiger partial charge in [-0.1, -0.05) is 22.9 Å². The van der Waals surface area contributed by atoms with Gasteiger partial charge in [0.2, 0.25) is 5.91 Å². The van der Waals surface area contributed by atoms with Crippen LogP contribution in [0.1, 0.15) is 18.9 Å². The normalized spacial score (nSPS) is 20.6. The van der Waals surface area contributed by atoms with E-state index >= 15 is 0 Å². The maximum Gasteiger partial charge on any atom is 0.228 e. The van der Waals surface area contributed by atoms with Crippen LogP contribution in [0.2, 0.25) is 0 Å². The summed E-state index contributed by atoms with van der Waals surface area (Å²) in [7, 11) is 0. The highest BCUT2D eigenvalue weighted by molar-refractivity contribution is 9.10. The van der Waals surface area contributed by atoms with Gasteiger partial charge in [0.05, 0.1) is 0 Å². The molecule has 86 valence electrons. The van der Waals surface area contributed by atoms with Gasteiger partial charge >= 0.3 is 0 Å². The molecule has 1 fully saturated rings. The van der Waals surface area contributed by atoms with E-state index in [-0.39, 0.29) is 11.2 Å². The minimum absolute atomic E-state index is 0.167. The fourth-order valence-corrected chi connectivity index (χ4v) is 2.75. The van der Waals surface area contributed by atoms with Crippen molar-refractivity contribution in [3.63, 3.8) is 0 Å². The van der Waals surface area contributed by atoms with Crippen molar-refractivity contribution in [3.05, 3.63) is 28.2 Å². The topological polar surface area (TPSA) is 20.3 Å². The molecule has 0 aliphatic carbocycles. The predicted octanol–water partition coefficient (Wildman–Crippen LogP) is 3.05. The standard InChI is InChI=1S/C12H14BrNOS/c1-2-8-5-9(13)3-4-11(8)14-7-10(16)6-12(14)15/h3-5,10,16H,2,6-7H2,1H3. The maximum atomic E-state index is 11.8. The van der Waals surface area contributed by atoms with Gasteiger partial charge in [0, 0.05) is 28.4 Å². The van der Waals surface area contributed by atoms with Crippen LogP contribution >= 0.6 is 28.6 Å². The molecule has 0 N–H and O–H groups in total. The number of nitrogens with zero attached hydrogens (tertiary/aromatic N) is 1. The molecule has 16 heavy (non-hydrogen) atoms. The molecular weight excluding hydrogens is 286 g/mol. The molecule has 0 bridgehead atoms. The van der Waals surface area contributed by atoms with E-state index in [0.717, 1.165) is 23.1 Å². The Morgan fingerprint density at radius 2 is 2.31 bits per heavy atom. The first-order valence-corrected chi connectivity index (χ1v) is 6.69. The number of hydrogen-bond donors (Lipinski definition) is 1. The Balaban J connectivity index is 2.36. The quantitative estimate of drug-likeness (QED) is 0.832. The minimum Gasteiger partial charge on any atom is -0.311 e. The van der Waals surface area contributed by atoms with Gasteiger partial charge < -0.3 is 4.90 Å². The van der Waals surface area contributed by atoms with Crippen molar-refractivity contribution in [1.82, 2.24) is 0 Å². The highest BCUT2D eigenvalue weighted by Crippen LogP contribution is 2.29. The first-order chi connectivity index (χ1) is 7.61. The van der Waals surface area contributed by atoms with Crippen molar-refractivity contribution in [2.24, 2.45) is 0 Å². The smallest absolute Gasteiger partial charge is 0.228 e. The fraction of sp³-hybridized carbons (Fsp3) is 0.417. The summed E-state index contributed by atoms with van der Waals surface area (Å²) in [5.74, 6) is 0.178. The van der Waals surface area contributed by atoms with Gasteiger partial charge in [0.1, 0.15) is 0 Å². The van der Waals surface area contributed by atoms with Crippen molar-refractivity contribution in [3.8, 4) is 0 Å². The van der Waals surface area contributed by atoms with Crippen molar-refractivity contribution >= 4 is 40.2 Å². The van der Waals surface area contributed by atoms with E-state index in [1.807, 2.05) is 17.0 Å². The van der Waals surface area contributed by atoms with E-state index in [0.29, 0.717) is 6.42 Å². The summed E-state index contributed by atoms with van der Waals surface area (Å²) < 4.78 is 1.06. The van der Waals surface area contributed by atoms with Gasteiger partial charge in [0.25, 0.3) is 0 Å². The van der Waals surface area contributed by atoms with Crippen molar-refractivity contribution < 1.29 is 4.79 Å². The molecule has 1 aliphatic heterocycles. The van der Waals surface area contributed by atoms with E-state index < -0.39 is 0 Å². The molecule has 4 heteroatoms. The van der Waals surface area contributed by atoms with E-state index in [2.05, 4.69) is 41.5 Å². The van der Waals surface area contributed by atoms with E-state index in [1.165, 1.54) is 5.56 Å². The molecule has 0 aromatic heterocycles. The lowest BCUT2D eigenvalue weighted by atomic mass is 10.1. The van der Waals surface area contributed by atoms with Crippen molar-refractivity contribution in [2.45, 2.75) is 25.0 Å². The number of carbonyl (C=O) groups is 1. The van der Waals surface area contributed by atoms with E-state index in [4.69, 9.17) is 0 Å². The summed E-state index contributed by atoms with van der Waals surface area (Å²) in [5, 5.41) is 0.167. The molecule has 1 saturated heterocycles. The number of hydrogen-bond acceptors (Lipinski definition) is 2. The molecule has 1 heterocycles. The Morgan fingerprint density at radius 3 is 2.88 bits per heavy atom. The molecule has 1 aromatic carbocycles. The highest BCUT2D eigenvalue weighted by Gasteiger charge is 2.29. The second-order valence-corrected chi connectivity index (χ2v) is 5.63. The Kier molecular flexibility index (Phi) is 3.60. The lowest BCUT2D eigenvalue weighted by Crippen LogP contribution is -2.25. The third-order valence-corrected chi connectivity index (χ3v) is 3.66. The second-order valence-electron chi connectivity index (χ2n) is 3.99. The maximum absolute atomic E-state index is 11.8. The summed E-state index contributed by atoms with van der Waals surface area (Å²) in [6.07, 6.45) is 1.47. The van der Waals surface area contributed by atoms with Crippen LogP contribution in [0.5, 0.6) is 0 Å². The molecule has 1 amide bonds. The van der Waals surface area contributed by atoms with Crippen LogP contribution in [0.15, 0.2) is 22.7 Å². The summed E-state index contributed by atoms with van der Waals surface area (Å²) in [6, 6.07) is 6.06. The molecule has 1 aliphatic rings. The van der Waals surface area contributed by atoms with Crippen LogP contribution in [0.3, 0.4) is 0 Å². The third kappa shape index (κ3) is 2.28. The first-order valence-electron chi connectivity index (χ1n) is 5.38. The molecule has 1 aromatic rings. The molecule has 1 unspecified atom stereocenters. The number of amides is 1. The van der Waals surface area contributed by atoms with Crippen molar-refractivity contribution in [2.75, 3.05) is 11.4 Å². The number of carbonyl (C=O) groups excluding carboxylic acids is 1. The molecular formula is C12H14BrNOS. The van der Waals surface area contributed by atoms with Gasteiger partial charge in [-0.25, -0.2) is 0 Å². The van der Waals surface area contributed by atoms with Crippen molar-refractivity contribution in [1.29, 1.82) is 0 Å². The Labute approximate surface area is 110 Å². The SMILES string of the molecule is CCc1cc(Br)ccc1N1CC(S)CC1=O. The largest absolute Gasteiger partial charge is 0.311 e. The van der Waals surface area contributed by atoms with Crippen LogP contribution < -0.4 is 4.90 Å². The number of halogens is 1. The van der Waals surface area contributed by atoms with Crippen LogP contribution in [-0.4, -0.2) is 17.7 Å². The summed E-state index contributed by atoms with van der Waals surface area (Å²) in [6.45, 7) is 2.82. The lowest BCUT2D eigenvalue weighted by molar-refractivity contribution is -0.117. The van der Waals surface area contributed by atoms with Gasteiger partial charge in [-0.3, -0.25) is 4.79 Å². The number of anilines is 1. The zero-order valence-corrected chi connectivity index (χ0v) is 11.6. The summed E-state index contributed by atoms with van der Waals surface area (Å²) in [5.41, 5.74) is 2.23. The lowest BCUT2D eigenvalue weighted by Gasteiger charge is -2.19. The average Bonchev–Trinajstić information content (AvgIpc) is 2.57. The van der Waals surface area contributed by atoms with Crippen LogP contribution in [0.25, 0.3) is 0 Å². The molecule has 2 rings (SSSR count). The molecule has 2 nitrogen and oxygen atoms in total. The number of benzene rings is 1. The molecule has 0 saturated carbocycles. The number of rotatable bonds is 2. The summed E-state index contributed by atoms with van der Waals surface area (Å²) >= 11 is 7.83. The van der Waals surface area contributed by atoms with Gasteiger partial charge in [-0.2, -0.15) is 12.6 Å². The molecule has 0 spiro atoms. The zero-order chi connectivity index (χ0) is 11.7. The second kappa shape index (κ2) is 4.80. The van der Waals surface area contributed by atoms with E-state index in [1.54, 1.807) is 0 Å². The summed E-state index contributed by atoms with van der Waals surface area (Å²) in [4.78, 5) is 13.7. The molecule has 0 radical (unpaired) electrons. The monoisotopic (exact) mass is 299 g/mol. The Morgan fingerprint density at radius 1 is 1.56 bits per heavy atom. The Bertz CT molecular complexity index is 421. The van der Waals surface area contributed by atoms with Gasteiger partial charge in [-0.15, -0.1) is 0 Å². The fourth-order valence-electron chi connectivity index (χ4n) is 2.02.